The maximum absolute atomic E-state index is 12.9. The number of ether oxygens (including phenoxy) is 1. The van der Waals surface area contributed by atoms with Gasteiger partial charge in [0.05, 0.1) is 18.1 Å². The summed E-state index contributed by atoms with van der Waals surface area (Å²) in [5, 5.41) is 12.4. The molecule has 0 unspecified atom stereocenters. The molecule has 2 atom stereocenters. The Kier molecular flexibility index (Phi) is 6.85. The molecule has 3 aliphatic rings. The lowest BCUT2D eigenvalue weighted by Gasteiger charge is -2.42. The van der Waals surface area contributed by atoms with Crippen molar-refractivity contribution in [3.8, 4) is 0 Å². The first kappa shape index (κ1) is 22.0. The van der Waals surface area contributed by atoms with Crippen LogP contribution in [0.2, 0.25) is 0 Å². The third-order valence-corrected chi connectivity index (χ3v) is 6.48. The maximum Gasteiger partial charge on any atom is 0.490 e. The van der Waals surface area contributed by atoms with Crippen LogP contribution < -0.4 is 5.32 Å². The van der Waals surface area contributed by atoms with Gasteiger partial charge in [-0.15, -0.1) is 11.3 Å². The van der Waals surface area contributed by atoms with Crippen LogP contribution >= 0.6 is 11.3 Å². The molecule has 3 fully saturated rings. The molecular weight excluding hydrogens is 409 g/mol. The third-order valence-electron chi connectivity index (χ3n) is 5.61. The predicted octanol–water partition coefficient (Wildman–Crippen LogP) is 2.89. The van der Waals surface area contributed by atoms with Crippen molar-refractivity contribution in [1.29, 1.82) is 0 Å². The van der Waals surface area contributed by atoms with E-state index in [4.69, 9.17) is 14.6 Å². The van der Waals surface area contributed by atoms with E-state index in [-0.39, 0.29) is 17.4 Å². The highest BCUT2D eigenvalue weighted by atomic mass is 32.1. The molecule has 1 aromatic heterocycles. The molecule has 2 N–H and O–H groups in total. The van der Waals surface area contributed by atoms with Crippen molar-refractivity contribution in [3.05, 3.63) is 22.4 Å². The molecule has 1 amide bonds. The van der Waals surface area contributed by atoms with Gasteiger partial charge < -0.3 is 20.1 Å². The molecule has 1 saturated carbocycles. The van der Waals surface area contributed by atoms with Gasteiger partial charge in [0.2, 0.25) is 5.91 Å². The topological polar surface area (TPSA) is 78.9 Å². The summed E-state index contributed by atoms with van der Waals surface area (Å²) in [7, 11) is 0. The number of alkyl halides is 3. The lowest BCUT2D eigenvalue weighted by molar-refractivity contribution is -0.192. The van der Waals surface area contributed by atoms with Crippen LogP contribution in [0.15, 0.2) is 17.5 Å². The zero-order valence-corrected chi connectivity index (χ0v) is 16.7. The van der Waals surface area contributed by atoms with Gasteiger partial charge in [-0.05, 0) is 43.0 Å². The number of carbonyl (C=O) groups is 2. The zero-order chi connectivity index (χ0) is 21.1. The van der Waals surface area contributed by atoms with Gasteiger partial charge in [-0.3, -0.25) is 4.79 Å². The van der Waals surface area contributed by atoms with Gasteiger partial charge in [-0.1, -0.05) is 6.07 Å². The minimum Gasteiger partial charge on any atom is -0.475 e. The van der Waals surface area contributed by atoms with Gasteiger partial charge in [0, 0.05) is 31.1 Å². The molecule has 10 heteroatoms. The van der Waals surface area contributed by atoms with Crippen molar-refractivity contribution in [3.63, 3.8) is 0 Å². The lowest BCUT2D eigenvalue weighted by Crippen LogP contribution is -2.57. The number of fused-ring (bicyclic) bond motifs is 1. The number of nitrogens with zero attached hydrogens (tertiary/aromatic N) is 1. The number of likely N-dealkylation sites (tertiary alicyclic amines) is 1. The fraction of sp³-hybridized carbons (Fsp3) is 0.684. The van der Waals surface area contributed by atoms with Crippen molar-refractivity contribution in [2.24, 2.45) is 11.3 Å². The Morgan fingerprint density at radius 3 is 2.66 bits per heavy atom. The molecule has 6 nitrogen and oxygen atoms in total. The minimum atomic E-state index is -5.08. The van der Waals surface area contributed by atoms with Crippen LogP contribution in [0.25, 0.3) is 0 Å². The molecule has 0 radical (unpaired) electrons. The number of piperidine rings is 1. The van der Waals surface area contributed by atoms with Crippen LogP contribution in [0.4, 0.5) is 13.2 Å². The van der Waals surface area contributed by atoms with E-state index in [0.29, 0.717) is 6.54 Å². The smallest absolute Gasteiger partial charge is 0.475 e. The molecule has 2 aliphatic heterocycles. The van der Waals surface area contributed by atoms with E-state index in [1.54, 1.807) is 11.3 Å². The number of rotatable bonds is 5. The molecule has 0 bridgehead atoms. The summed E-state index contributed by atoms with van der Waals surface area (Å²) in [6.45, 7) is 4.51. The van der Waals surface area contributed by atoms with Crippen LogP contribution in [-0.4, -0.2) is 60.4 Å². The molecule has 1 aromatic rings. The number of halogens is 3. The summed E-state index contributed by atoms with van der Waals surface area (Å²) in [4.78, 5) is 25.5. The Morgan fingerprint density at radius 2 is 2.07 bits per heavy atom. The minimum absolute atomic E-state index is 0.117. The van der Waals surface area contributed by atoms with Crippen molar-refractivity contribution in [2.45, 2.75) is 44.5 Å². The number of aliphatic carboxylic acids is 1. The Balaban J connectivity index is 0.000000298. The number of nitrogens with one attached hydrogen (secondary N) is 1. The number of hydrogen-bond donors (Lipinski definition) is 2. The van der Waals surface area contributed by atoms with Gasteiger partial charge >= 0.3 is 12.1 Å². The van der Waals surface area contributed by atoms with Crippen molar-refractivity contribution < 1.29 is 32.6 Å². The lowest BCUT2D eigenvalue weighted by atomic mass is 9.75. The average Bonchev–Trinajstić information content (AvgIpc) is 3.16. The van der Waals surface area contributed by atoms with E-state index in [1.807, 2.05) is 6.07 Å². The highest BCUT2D eigenvalue weighted by Crippen LogP contribution is 2.42. The summed E-state index contributed by atoms with van der Waals surface area (Å²) in [5.41, 5.74) is -0.315. The fourth-order valence-electron chi connectivity index (χ4n) is 3.93. The highest BCUT2D eigenvalue weighted by Gasteiger charge is 2.53. The number of hydrogen-bond acceptors (Lipinski definition) is 5. The highest BCUT2D eigenvalue weighted by molar-refractivity contribution is 7.09. The second-order valence-electron chi connectivity index (χ2n) is 7.80. The Morgan fingerprint density at radius 1 is 1.34 bits per heavy atom. The predicted molar refractivity (Wildman–Crippen MR) is 100 cm³/mol. The summed E-state index contributed by atoms with van der Waals surface area (Å²) >= 11 is 1.70. The Labute approximate surface area is 171 Å². The monoisotopic (exact) mass is 434 g/mol. The fourth-order valence-corrected chi connectivity index (χ4v) is 4.58. The second-order valence-corrected chi connectivity index (χ2v) is 8.83. The molecular formula is C19H25F3N2O4S. The Bertz CT molecular complexity index is 709. The van der Waals surface area contributed by atoms with E-state index in [9.17, 15) is 18.0 Å². The second kappa shape index (κ2) is 9.01. The largest absolute Gasteiger partial charge is 0.490 e. The van der Waals surface area contributed by atoms with Crippen LogP contribution in [0.3, 0.4) is 0 Å². The molecule has 3 heterocycles. The number of thiophene rings is 1. The van der Waals surface area contributed by atoms with Crippen LogP contribution in [0.5, 0.6) is 0 Å². The van der Waals surface area contributed by atoms with Crippen LogP contribution in [-0.2, 0) is 20.9 Å². The van der Waals surface area contributed by atoms with Gasteiger partial charge in [-0.25, -0.2) is 4.79 Å². The van der Waals surface area contributed by atoms with E-state index in [1.165, 1.54) is 24.3 Å². The molecule has 0 spiro atoms. The van der Waals surface area contributed by atoms with Crippen LogP contribution in [0, 0.1) is 11.3 Å². The number of carbonyl (C=O) groups excluding carboxylic acids is 1. The quantitative estimate of drug-likeness (QED) is 0.745. The maximum atomic E-state index is 12.9. The van der Waals surface area contributed by atoms with Crippen LogP contribution in [0.1, 0.15) is 30.6 Å². The van der Waals surface area contributed by atoms with Gasteiger partial charge in [0.15, 0.2) is 0 Å². The van der Waals surface area contributed by atoms with Gasteiger partial charge in [0.1, 0.15) is 0 Å². The standard InChI is InChI=1S/C17H24N2O2S.C2HF3O2/c20-16(18-10-14-2-1-9-22-14)17-6-8-21-15(17)5-7-19(12-17)11-13-3-4-13;3-2(4,5)1(6)7/h1-2,9,13,15H,3-8,10-12H2,(H,18,20);(H,6,7)/t15-,17-;/m1./s1. The Hall–Kier alpha value is -1.65. The number of amides is 1. The van der Waals surface area contributed by atoms with Crippen molar-refractivity contribution in [1.82, 2.24) is 10.2 Å². The molecule has 162 valence electrons. The SMILES string of the molecule is O=C(NCc1cccs1)[C@@]12CCO[C@@H]1CCN(CC1CC1)C2.O=C(O)C(F)(F)F. The molecule has 1 aliphatic carbocycles. The van der Waals surface area contributed by atoms with E-state index in [0.717, 1.165) is 38.5 Å². The summed E-state index contributed by atoms with van der Waals surface area (Å²) < 4.78 is 37.6. The molecule has 0 aromatic carbocycles. The summed E-state index contributed by atoms with van der Waals surface area (Å²) in [6.07, 6.45) is -0.359. The van der Waals surface area contributed by atoms with E-state index >= 15 is 0 Å². The zero-order valence-electron chi connectivity index (χ0n) is 15.9. The van der Waals surface area contributed by atoms with E-state index < -0.39 is 12.1 Å². The van der Waals surface area contributed by atoms with Crippen molar-refractivity contribution in [2.75, 3.05) is 26.2 Å². The summed E-state index contributed by atoms with van der Waals surface area (Å²) in [6, 6.07) is 4.11. The first-order valence-corrected chi connectivity index (χ1v) is 10.5. The number of carboxylic acid groups (broad SMARTS) is 1. The first-order chi connectivity index (χ1) is 13.7. The van der Waals surface area contributed by atoms with E-state index in [2.05, 4.69) is 21.7 Å². The van der Waals surface area contributed by atoms with Gasteiger partial charge in [0.25, 0.3) is 0 Å². The third kappa shape index (κ3) is 5.70. The first-order valence-electron chi connectivity index (χ1n) is 9.65. The molecule has 2 saturated heterocycles. The summed E-state index contributed by atoms with van der Waals surface area (Å²) in [5.74, 6) is -1.68. The normalized spacial score (nSPS) is 26.9. The van der Waals surface area contributed by atoms with Gasteiger partial charge in [-0.2, -0.15) is 13.2 Å². The molecule has 29 heavy (non-hydrogen) atoms. The number of carboxylic acids is 1. The van der Waals surface area contributed by atoms with Crippen molar-refractivity contribution >= 4 is 23.2 Å². The average molecular weight is 434 g/mol. The molecule has 4 rings (SSSR count).